The Kier molecular flexibility index (Phi) is 8.26. The zero-order valence-electron chi connectivity index (χ0n) is 17.5. The molecule has 0 saturated heterocycles. The van der Waals surface area contributed by atoms with Crippen LogP contribution in [-0.4, -0.2) is 29.8 Å². The zero-order chi connectivity index (χ0) is 23.1. The fourth-order valence-electron chi connectivity index (χ4n) is 3.46. The average Bonchev–Trinajstić information content (AvgIpc) is 2.79. The van der Waals surface area contributed by atoms with Crippen LogP contribution in [0.3, 0.4) is 0 Å². The van der Waals surface area contributed by atoms with Gasteiger partial charge in [0.25, 0.3) is 0 Å². The molecule has 0 heterocycles. The highest BCUT2D eigenvalue weighted by molar-refractivity contribution is 6.35. The Morgan fingerprint density at radius 2 is 1.66 bits per heavy atom. The number of hydrogen-bond donors (Lipinski definition) is 1. The van der Waals surface area contributed by atoms with Crippen LogP contribution in [0.15, 0.2) is 72.8 Å². The van der Waals surface area contributed by atoms with E-state index in [0.29, 0.717) is 21.2 Å². The number of benzene rings is 3. The van der Waals surface area contributed by atoms with Gasteiger partial charge in [-0.25, -0.2) is 4.39 Å². The molecule has 0 aromatic heterocycles. The fourth-order valence-corrected chi connectivity index (χ4v) is 3.94. The second kappa shape index (κ2) is 11.1. The fraction of sp³-hybridized carbons (Fsp3) is 0.200. The first-order valence-electron chi connectivity index (χ1n) is 10.1. The molecule has 3 aromatic rings. The van der Waals surface area contributed by atoms with Crippen molar-refractivity contribution < 1.29 is 14.0 Å². The smallest absolute Gasteiger partial charge is 0.242 e. The molecule has 0 saturated carbocycles. The van der Waals surface area contributed by atoms with Crippen LogP contribution in [0.25, 0.3) is 0 Å². The Hall–Kier alpha value is -2.89. The minimum atomic E-state index is -0.833. The summed E-state index contributed by atoms with van der Waals surface area (Å²) in [7, 11) is 1.52. The maximum Gasteiger partial charge on any atom is 0.242 e. The number of hydrogen-bond acceptors (Lipinski definition) is 2. The van der Waals surface area contributed by atoms with Crippen LogP contribution < -0.4 is 5.32 Å². The van der Waals surface area contributed by atoms with Crippen LogP contribution in [-0.2, 0) is 29.0 Å². The van der Waals surface area contributed by atoms with E-state index in [-0.39, 0.29) is 31.2 Å². The Labute approximate surface area is 197 Å². The Morgan fingerprint density at radius 3 is 2.31 bits per heavy atom. The molecule has 1 N–H and O–H groups in total. The molecule has 32 heavy (non-hydrogen) atoms. The van der Waals surface area contributed by atoms with Crippen molar-refractivity contribution in [3.63, 3.8) is 0 Å². The van der Waals surface area contributed by atoms with E-state index in [0.717, 1.165) is 5.56 Å². The van der Waals surface area contributed by atoms with Crippen molar-refractivity contribution in [2.75, 3.05) is 7.05 Å². The highest BCUT2D eigenvalue weighted by Crippen LogP contribution is 2.23. The lowest BCUT2D eigenvalue weighted by atomic mass is 10.0. The first-order valence-corrected chi connectivity index (χ1v) is 10.9. The molecule has 0 fully saturated rings. The molecule has 0 aliphatic rings. The number of nitrogens with one attached hydrogen (secondary N) is 1. The molecule has 166 valence electrons. The van der Waals surface area contributed by atoms with Gasteiger partial charge in [-0.15, -0.1) is 0 Å². The molecule has 4 nitrogen and oxygen atoms in total. The SMILES string of the molecule is CNC(=O)[C@@H](Cc1ccccc1)N(Cc1ccccc1F)C(=O)Cc1ccc(Cl)cc1Cl. The molecule has 0 aliphatic heterocycles. The van der Waals surface area contributed by atoms with E-state index in [9.17, 15) is 14.0 Å². The van der Waals surface area contributed by atoms with Gasteiger partial charge in [-0.2, -0.15) is 0 Å². The molecule has 7 heteroatoms. The van der Waals surface area contributed by atoms with Gasteiger partial charge in [0.2, 0.25) is 11.8 Å². The molecule has 2 amide bonds. The summed E-state index contributed by atoms with van der Waals surface area (Å²) in [5, 5.41) is 3.45. The molecular weight excluding hydrogens is 450 g/mol. The zero-order valence-corrected chi connectivity index (χ0v) is 19.0. The van der Waals surface area contributed by atoms with Gasteiger partial charge in [0.05, 0.1) is 6.42 Å². The number of nitrogens with zero attached hydrogens (tertiary/aromatic N) is 1. The van der Waals surface area contributed by atoms with Crippen molar-refractivity contribution in [3.05, 3.63) is 105 Å². The van der Waals surface area contributed by atoms with Crippen LogP contribution >= 0.6 is 23.2 Å². The first kappa shape index (κ1) is 23.8. The van der Waals surface area contributed by atoms with E-state index >= 15 is 0 Å². The van der Waals surface area contributed by atoms with Crippen molar-refractivity contribution in [3.8, 4) is 0 Å². The van der Waals surface area contributed by atoms with Crippen molar-refractivity contribution in [1.29, 1.82) is 0 Å². The predicted octanol–water partition coefficient (Wildman–Crippen LogP) is 5.06. The molecule has 0 aliphatic carbocycles. The van der Waals surface area contributed by atoms with Crippen LogP contribution in [0.1, 0.15) is 16.7 Å². The lowest BCUT2D eigenvalue weighted by molar-refractivity contribution is -0.140. The summed E-state index contributed by atoms with van der Waals surface area (Å²) in [6.07, 6.45) is 0.238. The van der Waals surface area contributed by atoms with Gasteiger partial charge in [-0.3, -0.25) is 9.59 Å². The summed E-state index contributed by atoms with van der Waals surface area (Å²) >= 11 is 12.2. The van der Waals surface area contributed by atoms with Gasteiger partial charge in [0.1, 0.15) is 11.9 Å². The highest BCUT2D eigenvalue weighted by atomic mass is 35.5. The molecule has 1 atom stereocenters. The second-order valence-electron chi connectivity index (χ2n) is 7.35. The third-order valence-electron chi connectivity index (χ3n) is 5.17. The van der Waals surface area contributed by atoms with Crippen LogP contribution in [0, 0.1) is 5.82 Å². The van der Waals surface area contributed by atoms with Gasteiger partial charge in [-0.05, 0) is 29.3 Å². The van der Waals surface area contributed by atoms with Gasteiger partial charge < -0.3 is 10.2 Å². The van der Waals surface area contributed by atoms with Crippen molar-refractivity contribution in [2.45, 2.75) is 25.4 Å². The average molecular weight is 473 g/mol. The lowest BCUT2D eigenvalue weighted by Gasteiger charge is -2.31. The summed E-state index contributed by atoms with van der Waals surface area (Å²) in [5.74, 6) is -1.12. The minimum Gasteiger partial charge on any atom is -0.357 e. The monoisotopic (exact) mass is 472 g/mol. The molecule has 3 aromatic carbocycles. The number of halogens is 3. The molecule has 0 spiro atoms. The highest BCUT2D eigenvalue weighted by Gasteiger charge is 2.30. The summed E-state index contributed by atoms with van der Waals surface area (Å²) in [6.45, 7) is -0.0539. The van der Waals surface area contributed by atoms with Crippen LogP contribution in [0.5, 0.6) is 0 Å². The maximum atomic E-state index is 14.4. The topological polar surface area (TPSA) is 49.4 Å². The number of likely N-dealkylation sites (N-methyl/N-ethyl adjacent to an activating group) is 1. The van der Waals surface area contributed by atoms with E-state index in [1.165, 1.54) is 18.0 Å². The van der Waals surface area contributed by atoms with Gasteiger partial charge in [-0.1, -0.05) is 77.8 Å². The third kappa shape index (κ3) is 6.09. The van der Waals surface area contributed by atoms with E-state index in [2.05, 4.69) is 5.32 Å². The van der Waals surface area contributed by atoms with E-state index < -0.39 is 11.9 Å². The summed E-state index contributed by atoms with van der Waals surface area (Å²) in [6, 6.07) is 19.7. The van der Waals surface area contributed by atoms with Crippen molar-refractivity contribution in [1.82, 2.24) is 10.2 Å². The summed E-state index contributed by atoms with van der Waals surface area (Å²) < 4.78 is 14.4. The molecule has 0 unspecified atom stereocenters. The standard InChI is InChI=1S/C25H23Cl2FN2O2/c1-29-25(32)23(13-17-7-3-2-4-8-17)30(16-19-9-5-6-10-22(19)28)24(31)14-18-11-12-20(26)15-21(18)27/h2-12,15,23H,13-14,16H2,1H3,(H,29,32)/t23-/m1/s1. The quantitative estimate of drug-likeness (QED) is 0.497. The number of rotatable bonds is 8. The van der Waals surface area contributed by atoms with E-state index in [4.69, 9.17) is 23.2 Å². The summed E-state index contributed by atoms with van der Waals surface area (Å²) in [5.41, 5.74) is 1.79. The predicted molar refractivity (Wildman–Crippen MR) is 125 cm³/mol. The minimum absolute atomic E-state index is 0.0489. The number of carbonyl (C=O) groups excluding carboxylic acids is 2. The maximum absolute atomic E-state index is 14.4. The van der Waals surface area contributed by atoms with Gasteiger partial charge in [0, 0.05) is 35.6 Å². The molecule has 3 rings (SSSR count). The third-order valence-corrected chi connectivity index (χ3v) is 5.76. The van der Waals surface area contributed by atoms with Gasteiger partial charge >= 0.3 is 0 Å². The van der Waals surface area contributed by atoms with Crippen molar-refractivity contribution in [2.24, 2.45) is 0 Å². The number of carbonyl (C=O) groups is 2. The van der Waals surface area contributed by atoms with Crippen molar-refractivity contribution >= 4 is 35.0 Å². The Bertz CT molecular complexity index is 1090. The lowest BCUT2D eigenvalue weighted by Crippen LogP contribution is -2.50. The number of amides is 2. The Morgan fingerprint density at radius 1 is 0.969 bits per heavy atom. The van der Waals surface area contributed by atoms with Gasteiger partial charge in [0.15, 0.2) is 0 Å². The largest absolute Gasteiger partial charge is 0.357 e. The molecule has 0 bridgehead atoms. The van der Waals surface area contributed by atoms with E-state index in [1.54, 1.807) is 36.4 Å². The first-order chi connectivity index (χ1) is 15.4. The van der Waals surface area contributed by atoms with E-state index in [1.807, 2.05) is 30.3 Å². The molecule has 0 radical (unpaired) electrons. The second-order valence-corrected chi connectivity index (χ2v) is 8.19. The van der Waals surface area contributed by atoms with Crippen LogP contribution in [0.4, 0.5) is 4.39 Å². The van der Waals surface area contributed by atoms with Crippen LogP contribution in [0.2, 0.25) is 10.0 Å². The summed E-state index contributed by atoms with van der Waals surface area (Å²) in [4.78, 5) is 27.7. The normalized spacial score (nSPS) is 11.6. The Balaban J connectivity index is 1.97. The molecular formula is C25H23Cl2FN2O2.